The predicted octanol–water partition coefficient (Wildman–Crippen LogP) is 4.32. The maximum Gasteiger partial charge on any atom is 0.244 e. The van der Waals surface area contributed by atoms with Crippen LogP contribution in [0.4, 0.5) is 4.39 Å². The largest absolute Gasteiger partial charge is 0.497 e. The van der Waals surface area contributed by atoms with Crippen LogP contribution in [0.25, 0.3) is 6.08 Å². The van der Waals surface area contributed by atoms with Gasteiger partial charge in [-0.1, -0.05) is 30.3 Å². The van der Waals surface area contributed by atoms with Crippen molar-refractivity contribution in [2.24, 2.45) is 0 Å². The monoisotopic (exact) mass is 438 g/mol. The van der Waals surface area contributed by atoms with Crippen LogP contribution >= 0.6 is 11.3 Å². The lowest BCUT2D eigenvalue weighted by atomic mass is 10.0. The summed E-state index contributed by atoms with van der Waals surface area (Å²) in [5.41, 5.74) is 1.59. The first kappa shape index (κ1) is 22.2. The van der Waals surface area contributed by atoms with E-state index >= 15 is 0 Å². The first-order chi connectivity index (χ1) is 15.0. The second-order valence-corrected chi connectivity index (χ2v) is 7.82. The number of benzene rings is 2. The Hall–Kier alpha value is -3.45. The molecule has 5 nitrogen and oxygen atoms in total. The normalized spacial score (nSPS) is 12.9. The van der Waals surface area contributed by atoms with Gasteiger partial charge in [-0.05, 0) is 59.8 Å². The minimum Gasteiger partial charge on any atom is -0.497 e. The van der Waals surface area contributed by atoms with Crippen molar-refractivity contribution in [3.63, 3.8) is 0 Å². The summed E-state index contributed by atoms with van der Waals surface area (Å²) in [5, 5.41) is 7.52. The molecule has 2 atom stereocenters. The van der Waals surface area contributed by atoms with Gasteiger partial charge < -0.3 is 15.4 Å². The molecule has 2 amide bonds. The van der Waals surface area contributed by atoms with Crippen LogP contribution in [-0.4, -0.2) is 25.0 Å². The maximum atomic E-state index is 13.3. The molecular formula is C24H23FN2O3S. The number of thiophene rings is 1. The number of halogens is 1. The summed E-state index contributed by atoms with van der Waals surface area (Å²) >= 11 is 1.49. The highest BCUT2D eigenvalue weighted by Crippen LogP contribution is 2.26. The lowest BCUT2D eigenvalue weighted by Crippen LogP contribution is -2.45. The fourth-order valence-corrected chi connectivity index (χ4v) is 3.71. The van der Waals surface area contributed by atoms with E-state index in [0.717, 1.165) is 21.8 Å². The number of rotatable bonds is 8. The number of amides is 2. The van der Waals surface area contributed by atoms with Gasteiger partial charge in [0.05, 0.1) is 13.2 Å². The van der Waals surface area contributed by atoms with E-state index in [4.69, 9.17) is 4.74 Å². The summed E-state index contributed by atoms with van der Waals surface area (Å²) < 4.78 is 18.4. The summed E-state index contributed by atoms with van der Waals surface area (Å²) in [6.45, 7) is 1.62. The molecule has 0 bridgehead atoms. The van der Waals surface area contributed by atoms with E-state index in [1.807, 2.05) is 29.6 Å². The van der Waals surface area contributed by atoms with Crippen molar-refractivity contribution in [3.8, 4) is 5.75 Å². The smallest absolute Gasteiger partial charge is 0.244 e. The number of carbonyl (C=O) groups excluding carboxylic acids is 2. The zero-order chi connectivity index (χ0) is 22.2. The summed E-state index contributed by atoms with van der Waals surface area (Å²) in [5.74, 6) is -0.334. The highest BCUT2D eigenvalue weighted by Gasteiger charge is 2.22. The Kier molecular flexibility index (Phi) is 7.56. The SMILES string of the molecule is COc1ccc(/C=C/C(=O)NC(C)C(=O)NC(c2ccc(F)cc2)c2cccs2)cc1. The van der Waals surface area contributed by atoms with E-state index in [0.29, 0.717) is 0 Å². The molecule has 2 N–H and O–H groups in total. The summed E-state index contributed by atoms with van der Waals surface area (Å²) in [6.07, 6.45) is 3.04. The van der Waals surface area contributed by atoms with Crippen LogP contribution in [0.5, 0.6) is 5.75 Å². The predicted molar refractivity (Wildman–Crippen MR) is 120 cm³/mol. The molecule has 1 aromatic heterocycles. The molecule has 0 spiro atoms. The molecule has 0 radical (unpaired) electrons. The van der Waals surface area contributed by atoms with Gasteiger partial charge in [0.1, 0.15) is 17.6 Å². The number of nitrogens with one attached hydrogen (secondary N) is 2. The number of hydrogen-bond acceptors (Lipinski definition) is 4. The van der Waals surface area contributed by atoms with Gasteiger partial charge in [0.2, 0.25) is 11.8 Å². The molecular weight excluding hydrogens is 415 g/mol. The third-order valence-electron chi connectivity index (χ3n) is 4.61. The van der Waals surface area contributed by atoms with E-state index in [1.165, 1.54) is 29.5 Å². The number of carbonyl (C=O) groups is 2. The van der Waals surface area contributed by atoms with E-state index < -0.39 is 12.1 Å². The van der Waals surface area contributed by atoms with Crippen molar-refractivity contribution in [1.82, 2.24) is 10.6 Å². The highest BCUT2D eigenvalue weighted by molar-refractivity contribution is 7.10. The second kappa shape index (κ2) is 10.5. The molecule has 7 heteroatoms. The van der Waals surface area contributed by atoms with Gasteiger partial charge in [0.15, 0.2) is 0 Å². The van der Waals surface area contributed by atoms with Crippen molar-refractivity contribution in [2.75, 3.05) is 7.11 Å². The molecule has 1 heterocycles. The first-order valence-electron chi connectivity index (χ1n) is 9.68. The van der Waals surface area contributed by atoms with Crippen molar-refractivity contribution < 1.29 is 18.7 Å². The van der Waals surface area contributed by atoms with Crippen molar-refractivity contribution in [2.45, 2.75) is 19.0 Å². The Morgan fingerprint density at radius 1 is 1.03 bits per heavy atom. The number of ether oxygens (including phenoxy) is 1. The molecule has 0 aliphatic heterocycles. The highest BCUT2D eigenvalue weighted by atomic mass is 32.1. The molecule has 3 rings (SSSR count). The average molecular weight is 439 g/mol. The second-order valence-electron chi connectivity index (χ2n) is 6.85. The fraction of sp³-hybridized carbons (Fsp3) is 0.167. The molecule has 31 heavy (non-hydrogen) atoms. The van der Waals surface area contributed by atoms with Gasteiger partial charge in [0.25, 0.3) is 0 Å². The van der Waals surface area contributed by atoms with Crippen LogP contribution in [0.15, 0.2) is 72.1 Å². The Morgan fingerprint density at radius 2 is 1.74 bits per heavy atom. The summed E-state index contributed by atoms with van der Waals surface area (Å²) in [4.78, 5) is 25.9. The summed E-state index contributed by atoms with van der Waals surface area (Å²) in [6, 6.07) is 15.9. The lowest BCUT2D eigenvalue weighted by Gasteiger charge is -2.21. The molecule has 160 valence electrons. The van der Waals surface area contributed by atoms with Crippen LogP contribution in [-0.2, 0) is 9.59 Å². The van der Waals surface area contributed by atoms with E-state index in [1.54, 1.807) is 44.4 Å². The molecule has 0 aliphatic rings. The van der Waals surface area contributed by atoms with E-state index in [-0.39, 0.29) is 17.6 Å². The number of hydrogen-bond donors (Lipinski definition) is 2. The Balaban J connectivity index is 1.62. The zero-order valence-corrected chi connectivity index (χ0v) is 18.0. The van der Waals surface area contributed by atoms with Crippen molar-refractivity contribution in [3.05, 3.63) is 93.9 Å². The van der Waals surface area contributed by atoms with E-state index in [2.05, 4.69) is 10.6 Å². The average Bonchev–Trinajstić information content (AvgIpc) is 3.31. The third kappa shape index (κ3) is 6.26. The lowest BCUT2D eigenvalue weighted by molar-refractivity contribution is -0.127. The van der Waals surface area contributed by atoms with Gasteiger partial charge >= 0.3 is 0 Å². The quantitative estimate of drug-likeness (QED) is 0.515. The first-order valence-corrected chi connectivity index (χ1v) is 10.6. The van der Waals surface area contributed by atoms with Crippen LogP contribution in [0.1, 0.15) is 29.0 Å². The van der Waals surface area contributed by atoms with Crippen LogP contribution < -0.4 is 15.4 Å². The van der Waals surface area contributed by atoms with Gasteiger partial charge in [0, 0.05) is 11.0 Å². The molecule has 0 aliphatic carbocycles. The third-order valence-corrected chi connectivity index (χ3v) is 5.55. The van der Waals surface area contributed by atoms with Crippen molar-refractivity contribution >= 4 is 29.2 Å². The molecule has 0 saturated carbocycles. The molecule has 0 fully saturated rings. The molecule has 2 unspecified atom stereocenters. The Labute approximate surface area is 184 Å². The summed E-state index contributed by atoms with van der Waals surface area (Å²) in [7, 11) is 1.59. The van der Waals surface area contributed by atoms with Gasteiger partial charge in [-0.25, -0.2) is 4.39 Å². The number of methoxy groups -OCH3 is 1. The molecule has 0 saturated heterocycles. The zero-order valence-electron chi connectivity index (χ0n) is 17.2. The van der Waals surface area contributed by atoms with Crippen LogP contribution in [0.2, 0.25) is 0 Å². The Morgan fingerprint density at radius 3 is 2.35 bits per heavy atom. The Bertz CT molecular complexity index is 1030. The standard InChI is InChI=1S/C24H23FN2O3S/c1-16(26-22(28)14-7-17-5-12-20(30-2)13-6-17)24(29)27-23(21-4-3-15-31-21)18-8-10-19(25)11-9-18/h3-16,23H,1-2H3,(H,26,28)(H,27,29)/b14-7+. The fourth-order valence-electron chi connectivity index (χ4n) is 2.91. The van der Waals surface area contributed by atoms with Gasteiger partial charge in [-0.2, -0.15) is 0 Å². The van der Waals surface area contributed by atoms with Gasteiger partial charge in [-0.3, -0.25) is 9.59 Å². The maximum absolute atomic E-state index is 13.3. The minimum absolute atomic E-state index is 0.339. The van der Waals surface area contributed by atoms with Crippen molar-refractivity contribution in [1.29, 1.82) is 0 Å². The van der Waals surface area contributed by atoms with E-state index in [9.17, 15) is 14.0 Å². The molecule has 3 aromatic rings. The van der Waals surface area contributed by atoms with Crippen LogP contribution in [0, 0.1) is 5.82 Å². The molecule has 2 aromatic carbocycles. The topological polar surface area (TPSA) is 67.4 Å². The minimum atomic E-state index is -0.754. The van der Waals surface area contributed by atoms with Crippen LogP contribution in [0.3, 0.4) is 0 Å². The van der Waals surface area contributed by atoms with Gasteiger partial charge in [-0.15, -0.1) is 11.3 Å².